The maximum Gasteiger partial charge on any atom is -0.00170 e. The Morgan fingerprint density at radius 2 is 1.81 bits per heavy atom. The number of benzene rings is 2. The van der Waals surface area contributed by atoms with Crippen molar-refractivity contribution in [1.29, 1.82) is 0 Å². The molecule has 0 heteroatoms. The van der Waals surface area contributed by atoms with E-state index in [0.29, 0.717) is 0 Å². The van der Waals surface area contributed by atoms with Gasteiger partial charge >= 0.3 is 0 Å². The van der Waals surface area contributed by atoms with Crippen LogP contribution in [0.5, 0.6) is 0 Å². The Bertz CT molecular complexity index is 835. The van der Waals surface area contributed by atoms with Crippen LogP contribution >= 0.6 is 0 Å². The molecule has 0 nitrogen and oxygen atoms in total. The van der Waals surface area contributed by atoms with Crippen LogP contribution in [-0.2, 0) is 6.42 Å². The summed E-state index contributed by atoms with van der Waals surface area (Å²) >= 11 is 0. The molecule has 0 radical (unpaired) electrons. The zero-order chi connectivity index (χ0) is 15.0. The minimum absolute atomic E-state index is 1.01. The molecule has 0 bridgehead atoms. The number of aryl methyl sites for hydroxylation is 1. The quantitative estimate of drug-likeness (QED) is 0.794. The molecule has 0 amide bonds. The van der Waals surface area contributed by atoms with E-state index in [1.165, 1.54) is 38.3 Å². The fourth-order valence-corrected chi connectivity index (χ4v) is 3.27. The second-order valence-electron chi connectivity index (χ2n) is 6.13. The molecule has 21 heavy (non-hydrogen) atoms. The molecular formula is C21H22. The SMILES string of the molecule is C=C(C)c1ccc(Cc2ccccc2C)c2c1=CCC=2C. The molecule has 106 valence electrons. The summed E-state index contributed by atoms with van der Waals surface area (Å²) in [6.07, 6.45) is 4.44. The fourth-order valence-electron chi connectivity index (χ4n) is 3.27. The van der Waals surface area contributed by atoms with Crippen molar-refractivity contribution in [3.05, 3.63) is 75.7 Å². The first kappa shape index (κ1) is 13.9. The van der Waals surface area contributed by atoms with Crippen molar-refractivity contribution < 1.29 is 0 Å². The van der Waals surface area contributed by atoms with Crippen LogP contribution in [0, 0.1) is 6.92 Å². The van der Waals surface area contributed by atoms with Crippen molar-refractivity contribution in [3.63, 3.8) is 0 Å². The molecule has 1 aliphatic carbocycles. The molecule has 0 saturated carbocycles. The molecule has 1 aliphatic rings. The van der Waals surface area contributed by atoms with Crippen LogP contribution in [0.15, 0.2) is 43.0 Å². The molecule has 0 fully saturated rings. The minimum Gasteiger partial charge on any atom is -0.0955 e. The summed E-state index contributed by atoms with van der Waals surface area (Å²) < 4.78 is 0. The first-order chi connectivity index (χ1) is 10.1. The average Bonchev–Trinajstić information content (AvgIpc) is 2.84. The maximum atomic E-state index is 4.13. The van der Waals surface area contributed by atoms with E-state index in [0.717, 1.165) is 18.4 Å². The number of fused-ring (bicyclic) bond motifs is 1. The highest BCUT2D eigenvalue weighted by atomic mass is 14.2. The molecule has 2 aromatic rings. The van der Waals surface area contributed by atoms with Gasteiger partial charge in [-0.3, -0.25) is 0 Å². The van der Waals surface area contributed by atoms with E-state index in [-0.39, 0.29) is 0 Å². The molecular weight excluding hydrogens is 252 g/mol. The third-order valence-electron chi connectivity index (χ3n) is 4.47. The van der Waals surface area contributed by atoms with Crippen LogP contribution in [0.25, 0.3) is 17.2 Å². The standard InChI is InChI=1S/C21H22/c1-14(2)19-12-10-18(21-16(4)9-11-20(19)21)13-17-8-6-5-7-15(17)3/h5-8,10-12H,1,9,13H2,2-4H3. The summed E-state index contributed by atoms with van der Waals surface area (Å²) in [4.78, 5) is 0. The third-order valence-corrected chi connectivity index (χ3v) is 4.47. The van der Waals surface area contributed by atoms with Gasteiger partial charge in [-0.2, -0.15) is 0 Å². The van der Waals surface area contributed by atoms with Crippen LogP contribution in [0.4, 0.5) is 0 Å². The third kappa shape index (κ3) is 2.47. The number of rotatable bonds is 3. The van der Waals surface area contributed by atoms with Crippen molar-refractivity contribution >= 4 is 17.2 Å². The summed E-state index contributed by atoms with van der Waals surface area (Å²) in [5.41, 5.74) is 8.17. The molecule has 0 spiro atoms. The smallest absolute Gasteiger partial charge is 0.00170 e. The van der Waals surface area contributed by atoms with E-state index in [4.69, 9.17) is 0 Å². The van der Waals surface area contributed by atoms with Crippen LogP contribution in [-0.4, -0.2) is 0 Å². The summed E-state index contributed by atoms with van der Waals surface area (Å²) in [6.45, 7) is 10.7. The van der Waals surface area contributed by atoms with E-state index in [2.05, 4.69) is 69.8 Å². The van der Waals surface area contributed by atoms with Gasteiger partial charge < -0.3 is 0 Å². The predicted molar refractivity (Wildman–Crippen MR) is 92.5 cm³/mol. The van der Waals surface area contributed by atoms with E-state index in [1.807, 2.05) is 0 Å². The zero-order valence-electron chi connectivity index (χ0n) is 13.2. The first-order valence-corrected chi connectivity index (χ1v) is 7.60. The maximum absolute atomic E-state index is 4.13. The van der Waals surface area contributed by atoms with Gasteiger partial charge in [0.05, 0.1) is 0 Å². The summed E-state index contributed by atoms with van der Waals surface area (Å²) in [6, 6.07) is 13.2. The van der Waals surface area contributed by atoms with E-state index < -0.39 is 0 Å². The van der Waals surface area contributed by atoms with Crippen molar-refractivity contribution in [2.75, 3.05) is 0 Å². The predicted octanol–water partition coefficient (Wildman–Crippen LogP) is 3.97. The fraction of sp³-hybridized carbons (Fsp3) is 0.238. The van der Waals surface area contributed by atoms with Gasteiger partial charge in [0.2, 0.25) is 0 Å². The Kier molecular flexibility index (Phi) is 3.55. The Morgan fingerprint density at radius 1 is 1.05 bits per heavy atom. The Hall–Kier alpha value is -2.08. The van der Waals surface area contributed by atoms with Gasteiger partial charge in [-0.1, -0.05) is 60.2 Å². The second kappa shape index (κ2) is 5.37. The van der Waals surface area contributed by atoms with Gasteiger partial charge in [-0.05, 0) is 66.3 Å². The monoisotopic (exact) mass is 274 g/mol. The molecule has 0 aliphatic heterocycles. The van der Waals surface area contributed by atoms with Crippen molar-refractivity contribution in [3.8, 4) is 0 Å². The van der Waals surface area contributed by atoms with Gasteiger partial charge in [0, 0.05) is 0 Å². The minimum atomic E-state index is 1.01. The highest BCUT2D eigenvalue weighted by molar-refractivity contribution is 5.69. The molecule has 3 rings (SSSR count). The zero-order valence-corrected chi connectivity index (χ0v) is 13.2. The molecule has 0 saturated heterocycles. The lowest BCUT2D eigenvalue weighted by atomic mass is 9.95. The summed E-state index contributed by atoms with van der Waals surface area (Å²) in [7, 11) is 0. The molecule has 2 aromatic carbocycles. The number of hydrogen-bond donors (Lipinski definition) is 0. The molecule has 0 atom stereocenters. The lowest BCUT2D eigenvalue weighted by Gasteiger charge is -2.10. The second-order valence-corrected chi connectivity index (χ2v) is 6.13. The molecule has 0 N–H and O–H groups in total. The van der Waals surface area contributed by atoms with Gasteiger partial charge in [-0.25, -0.2) is 0 Å². The summed E-state index contributed by atoms with van der Waals surface area (Å²) in [5, 5.41) is 2.85. The Labute approximate surface area is 127 Å². The Balaban J connectivity index is 2.18. The topological polar surface area (TPSA) is 0 Å². The normalized spacial score (nSPS) is 13.0. The average molecular weight is 274 g/mol. The number of allylic oxidation sites excluding steroid dienone is 1. The number of hydrogen-bond acceptors (Lipinski definition) is 0. The van der Waals surface area contributed by atoms with Crippen LogP contribution in [0.3, 0.4) is 0 Å². The van der Waals surface area contributed by atoms with E-state index in [1.54, 1.807) is 0 Å². The first-order valence-electron chi connectivity index (χ1n) is 7.60. The molecule has 0 heterocycles. The van der Waals surface area contributed by atoms with Crippen LogP contribution in [0.2, 0.25) is 0 Å². The highest BCUT2D eigenvalue weighted by Crippen LogP contribution is 2.16. The lowest BCUT2D eigenvalue weighted by Crippen LogP contribution is -2.30. The van der Waals surface area contributed by atoms with Crippen LogP contribution < -0.4 is 10.4 Å². The van der Waals surface area contributed by atoms with Crippen molar-refractivity contribution in [2.24, 2.45) is 0 Å². The summed E-state index contributed by atoms with van der Waals surface area (Å²) in [5.74, 6) is 0. The van der Waals surface area contributed by atoms with Gasteiger partial charge in [-0.15, -0.1) is 0 Å². The van der Waals surface area contributed by atoms with E-state index in [9.17, 15) is 0 Å². The van der Waals surface area contributed by atoms with Gasteiger partial charge in [0.1, 0.15) is 0 Å². The van der Waals surface area contributed by atoms with E-state index >= 15 is 0 Å². The largest absolute Gasteiger partial charge is 0.0955 e. The Morgan fingerprint density at radius 3 is 2.52 bits per heavy atom. The van der Waals surface area contributed by atoms with Gasteiger partial charge in [0.25, 0.3) is 0 Å². The molecule has 0 aromatic heterocycles. The van der Waals surface area contributed by atoms with Crippen LogP contribution in [0.1, 0.15) is 42.5 Å². The lowest BCUT2D eigenvalue weighted by molar-refractivity contribution is 1.13. The van der Waals surface area contributed by atoms with Crippen molar-refractivity contribution in [1.82, 2.24) is 0 Å². The highest BCUT2D eigenvalue weighted by Gasteiger charge is 2.11. The van der Waals surface area contributed by atoms with Gasteiger partial charge in [0.15, 0.2) is 0 Å². The molecule has 0 unspecified atom stereocenters. The van der Waals surface area contributed by atoms with Crippen molar-refractivity contribution in [2.45, 2.75) is 33.6 Å².